The lowest BCUT2D eigenvalue weighted by Crippen LogP contribution is -2.13. The van der Waals surface area contributed by atoms with Crippen LogP contribution in [0.3, 0.4) is 0 Å². The molecule has 1 heteroatoms. The summed E-state index contributed by atoms with van der Waals surface area (Å²) in [5.41, 5.74) is 2.73. The molecule has 0 heterocycles. The summed E-state index contributed by atoms with van der Waals surface area (Å²) in [7, 11) is 0. The Labute approximate surface area is 87.1 Å². The van der Waals surface area contributed by atoms with Gasteiger partial charge in [0.2, 0.25) is 0 Å². The highest BCUT2D eigenvalue weighted by Crippen LogP contribution is 2.31. The van der Waals surface area contributed by atoms with Crippen LogP contribution in [-0.4, -0.2) is 6.61 Å². The van der Waals surface area contributed by atoms with Crippen molar-refractivity contribution >= 4 is 0 Å². The molecule has 0 atom stereocenters. The van der Waals surface area contributed by atoms with E-state index in [1.165, 1.54) is 11.1 Å². The Morgan fingerprint density at radius 3 is 2.36 bits per heavy atom. The van der Waals surface area contributed by atoms with Gasteiger partial charge < -0.3 is 4.74 Å². The highest BCUT2D eigenvalue weighted by molar-refractivity contribution is 5.41. The minimum Gasteiger partial charge on any atom is -0.494 e. The van der Waals surface area contributed by atoms with Crippen molar-refractivity contribution in [2.75, 3.05) is 6.61 Å². The maximum Gasteiger partial charge on any atom is 0.123 e. The molecular weight excluding hydrogens is 172 g/mol. The van der Waals surface area contributed by atoms with Crippen LogP contribution in [0.25, 0.3) is 0 Å². The molecule has 0 N–H and O–H groups in total. The van der Waals surface area contributed by atoms with Gasteiger partial charge in [0.25, 0.3) is 0 Å². The van der Waals surface area contributed by atoms with Gasteiger partial charge in [0.05, 0.1) is 6.61 Å². The Hall–Kier alpha value is -0.980. The van der Waals surface area contributed by atoms with Crippen LogP contribution >= 0.6 is 0 Å². The third-order valence-electron chi connectivity index (χ3n) is 2.24. The topological polar surface area (TPSA) is 9.23 Å². The van der Waals surface area contributed by atoms with Gasteiger partial charge in [-0.1, -0.05) is 38.5 Å². The Morgan fingerprint density at radius 1 is 1.21 bits per heavy atom. The number of benzene rings is 1. The van der Waals surface area contributed by atoms with Gasteiger partial charge in [0.1, 0.15) is 5.75 Å². The minimum atomic E-state index is 0.149. The standard InChI is InChI=1S/C13H20O/c1-6-14-12-8-7-10(2)9-11(12)13(3,4)5/h7-9H,6H2,1-5H3. The van der Waals surface area contributed by atoms with Gasteiger partial charge in [0.15, 0.2) is 0 Å². The lowest BCUT2D eigenvalue weighted by Gasteiger charge is -2.23. The van der Waals surface area contributed by atoms with Gasteiger partial charge in [-0.3, -0.25) is 0 Å². The van der Waals surface area contributed by atoms with Gasteiger partial charge in [-0.15, -0.1) is 0 Å². The van der Waals surface area contributed by atoms with Gasteiger partial charge in [0, 0.05) is 0 Å². The van der Waals surface area contributed by atoms with E-state index in [0.29, 0.717) is 0 Å². The molecule has 0 spiro atoms. The maximum absolute atomic E-state index is 5.62. The third kappa shape index (κ3) is 2.50. The van der Waals surface area contributed by atoms with Gasteiger partial charge >= 0.3 is 0 Å². The van der Waals surface area contributed by atoms with E-state index in [-0.39, 0.29) is 5.41 Å². The first-order chi connectivity index (χ1) is 6.45. The lowest BCUT2D eigenvalue weighted by molar-refractivity contribution is 0.329. The molecule has 0 saturated heterocycles. The number of aryl methyl sites for hydroxylation is 1. The third-order valence-corrected chi connectivity index (χ3v) is 2.24. The maximum atomic E-state index is 5.62. The van der Waals surface area contributed by atoms with E-state index in [0.717, 1.165) is 12.4 Å². The van der Waals surface area contributed by atoms with Crippen LogP contribution in [0, 0.1) is 6.92 Å². The predicted octanol–water partition coefficient (Wildman–Crippen LogP) is 3.69. The molecule has 1 aromatic carbocycles. The molecule has 0 radical (unpaired) electrons. The quantitative estimate of drug-likeness (QED) is 0.694. The number of hydrogen-bond acceptors (Lipinski definition) is 1. The molecule has 1 rings (SSSR count). The molecule has 0 aliphatic rings. The van der Waals surface area contributed by atoms with Crippen LogP contribution < -0.4 is 4.74 Å². The summed E-state index contributed by atoms with van der Waals surface area (Å²) in [5.74, 6) is 1.02. The first-order valence-electron chi connectivity index (χ1n) is 5.19. The summed E-state index contributed by atoms with van der Waals surface area (Å²) in [6.07, 6.45) is 0. The Bertz CT molecular complexity index is 308. The summed E-state index contributed by atoms with van der Waals surface area (Å²) in [6.45, 7) is 11.5. The van der Waals surface area contributed by atoms with E-state index in [9.17, 15) is 0 Å². The SMILES string of the molecule is CCOc1ccc(C)cc1C(C)(C)C. The summed E-state index contributed by atoms with van der Waals surface area (Å²) < 4.78 is 5.62. The van der Waals surface area contributed by atoms with Crippen LogP contribution in [0.15, 0.2) is 18.2 Å². The van der Waals surface area contributed by atoms with Crippen LogP contribution in [-0.2, 0) is 5.41 Å². The Balaban J connectivity index is 3.16. The molecule has 0 amide bonds. The molecule has 0 fully saturated rings. The monoisotopic (exact) mass is 192 g/mol. The Morgan fingerprint density at radius 2 is 1.86 bits per heavy atom. The summed E-state index contributed by atoms with van der Waals surface area (Å²) in [6, 6.07) is 6.38. The van der Waals surface area contributed by atoms with Crippen LogP contribution in [0.5, 0.6) is 5.75 Å². The van der Waals surface area contributed by atoms with Crippen LogP contribution in [0.4, 0.5) is 0 Å². The molecule has 0 saturated carbocycles. The average Bonchev–Trinajstić information content (AvgIpc) is 2.07. The van der Waals surface area contributed by atoms with Gasteiger partial charge in [-0.25, -0.2) is 0 Å². The fourth-order valence-corrected chi connectivity index (χ4v) is 1.51. The highest BCUT2D eigenvalue weighted by Gasteiger charge is 2.18. The zero-order chi connectivity index (χ0) is 10.8. The van der Waals surface area contributed by atoms with Crippen molar-refractivity contribution in [2.45, 2.75) is 40.0 Å². The van der Waals surface area contributed by atoms with Crippen molar-refractivity contribution in [1.82, 2.24) is 0 Å². The molecule has 0 aliphatic heterocycles. The molecule has 0 aliphatic carbocycles. The van der Waals surface area contributed by atoms with E-state index in [4.69, 9.17) is 4.74 Å². The van der Waals surface area contributed by atoms with Gasteiger partial charge in [-0.05, 0) is 30.9 Å². The Kier molecular flexibility index (Phi) is 3.20. The second-order valence-electron chi connectivity index (χ2n) is 4.68. The first kappa shape index (κ1) is 11.1. The highest BCUT2D eigenvalue weighted by atomic mass is 16.5. The molecule has 0 aromatic heterocycles. The van der Waals surface area contributed by atoms with Gasteiger partial charge in [-0.2, -0.15) is 0 Å². The van der Waals surface area contributed by atoms with Crippen LogP contribution in [0.1, 0.15) is 38.8 Å². The fourth-order valence-electron chi connectivity index (χ4n) is 1.51. The largest absolute Gasteiger partial charge is 0.494 e. The predicted molar refractivity (Wildman–Crippen MR) is 61.0 cm³/mol. The van der Waals surface area contributed by atoms with E-state index >= 15 is 0 Å². The van der Waals surface area contributed by atoms with Crippen molar-refractivity contribution in [3.63, 3.8) is 0 Å². The van der Waals surface area contributed by atoms with Crippen molar-refractivity contribution in [2.24, 2.45) is 0 Å². The lowest BCUT2D eigenvalue weighted by atomic mass is 9.85. The molecule has 0 unspecified atom stereocenters. The minimum absolute atomic E-state index is 0.149. The molecule has 0 bridgehead atoms. The fraction of sp³-hybridized carbons (Fsp3) is 0.538. The number of rotatable bonds is 2. The smallest absolute Gasteiger partial charge is 0.123 e. The second kappa shape index (κ2) is 4.04. The second-order valence-corrected chi connectivity index (χ2v) is 4.68. The van der Waals surface area contributed by atoms with Crippen molar-refractivity contribution < 1.29 is 4.74 Å². The summed E-state index contributed by atoms with van der Waals surface area (Å²) in [5, 5.41) is 0. The van der Waals surface area contributed by atoms with Crippen molar-refractivity contribution in [1.29, 1.82) is 0 Å². The van der Waals surface area contributed by atoms with Crippen molar-refractivity contribution in [3.8, 4) is 5.75 Å². The molecule has 78 valence electrons. The summed E-state index contributed by atoms with van der Waals surface area (Å²) >= 11 is 0. The molecular formula is C13H20O. The molecule has 14 heavy (non-hydrogen) atoms. The first-order valence-corrected chi connectivity index (χ1v) is 5.19. The van der Waals surface area contributed by atoms with E-state index < -0.39 is 0 Å². The number of ether oxygens (including phenoxy) is 1. The zero-order valence-electron chi connectivity index (χ0n) is 9.85. The van der Waals surface area contributed by atoms with E-state index in [1.807, 2.05) is 6.92 Å². The van der Waals surface area contributed by atoms with Crippen molar-refractivity contribution in [3.05, 3.63) is 29.3 Å². The summed E-state index contributed by atoms with van der Waals surface area (Å²) in [4.78, 5) is 0. The van der Waals surface area contributed by atoms with Crippen LogP contribution in [0.2, 0.25) is 0 Å². The zero-order valence-corrected chi connectivity index (χ0v) is 9.85. The normalized spacial score (nSPS) is 11.5. The molecule has 1 aromatic rings. The molecule has 1 nitrogen and oxygen atoms in total. The average molecular weight is 192 g/mol. The van der Waals surface area contributed by atoms with E-state index in [2.05, 4.69) is 45.9 Å². The number of hydrogen-bond donors (Lipinski definition) is 0. The van der Waals surface area contributed by atoms with E-state index in [1.54, 1.807) is 0 Å².